The fraction of sp³-hybridized carbons (Fsp3) is 0.273. The summed E-state index contributed by atoms with van der Waals surface area (Å²) >= 11 is 0. The van der Waals surface area contributed by atoms with Crippen LogP contribution in [-0.4, -0.2) is 17.5 Å². The minimum Gasteiger partial charge on any atom is -1.00 e. The van der Waals surface area contributed by atoms with Gasteiger partial charge >= 0.3 is 0 Å². The molecule has 2 aromatic carbocycles. The van der Waals surface area contributed by atoms with E-state index in [2.05, 4.69) is 39.6 Å². The van der Waals surface area contributed by atoms with E-state index in [1.54, 1.807) is 7.11 Å². The summed E-state index contributed by atoms with van der Waals surface area (Å²) in [4.78, 5) is 13.0. The largest absolute Gasteiger partial charge is 1.00 e. The summed E-state index contributed by atoms with van der Waals surface area (Å²) in [6, 6.07) is 17.5. The second kappa shape index (κ2) is 8.09. The molecule has 0 aliphatic carbocycles. The number of halogens is 1. The minimum absolute atomic E-state index is 0. The number of hydrogen-bond acceptors (Lipinski definition) is 2. The van der Waals surface area contributed by atoms with Gasteiger partial charge in [-0.05, 0) is 37.6 Å². The Labute approximate surface area is 170 Å². The topological polar surface area (TPSA) is 35.1 Å². The number of rotatable bonds is 5. The van der Waals surface area contributed by atoms with Gasteiger partial charge in [-0.25, -0.2) is 9.13 Å². The molecule has 4 rings (SSSR count). The average molecular weight is 427 g/mol. The van der Waals surface area contributed by atoms with Crippen molar-refractivity contribution in [3.63, 3.8) is 0 Å². The molecular weight excluding hydrogens is 404 g/mol. The Morgan fingerprint density at radius 3 is 2.48 bits per heavy atom. The Bertz CT molecular complexity index is 933. The van der Waals surface area contributed by atoms with Gasteiger partial charge in [0.1, 0.15) is 11.9 Å². The van der Waals surface area contributed by atoms with Crippen LogP contribution in [0, 0.1) is 0 Å². The van der Waals surface area contributed by atoms with Crippen LogP contribution in [0.5, 0.6) is 5.75 Å². The maximum Gasteiger partial charge on any atom is 0.257 e. The molecule has 0 amide bonds. The van der Waals surface area contributed by atoms with Crippen LogP contribution in [0.15, 0.2) is 60.8 Å². The van der Waals surface area contributed by atoms with Gasteiger partial charge in [0, 0.05) is 11.1 Å². The molecule has 1 aromatic heterocycles. The fourth-order valence-electron chi connectivity index (χ4n) is 3.76. The van der Waals surface area contributed by atoms with E-state index in [0.29, 0.717) is 5.56 Å². The van der Waals surface area contributed by atoms with Crippen LogP contribution < -0.4 is 26.3 Å². The first-order chi connectivity index (χ1) is 12.7. The molecule has 5 heteroatoms. The molecule has 0 fully saturated rings. The van der Waals surface area contributed by atoms with Crippen LogP contribution in [-0.2, 0) is 13.0 Å². The number of benzene rings is 2. The highest BCUT2D eigenvalue weighted by atomic mass is 79.9. The van der Waals surface area contributed by atoms with E-state index in [-0.39, 0.29) is 28.8 Å². The van der Waals surface area contributed by atoms with Crippen molar-refractivity contribution in [1.82, 2.24) is 4.57 Å². The van der Waals surface area contributed by atoms with Gasteiger partial charge in [-0.15, -0.1) is 0 Å². The molecule has 140 valence electrons. The zero-order valence-electron chi connectivity index (χ0n) is 15.6. The summed E-state index contributed by atoms with van der Waals surface area (Å²) in [5, 5.41) is 0. The van der Waals surface area contributed by atoms with Crippen molar-refractivity contribution in [3.8, 4) is 17.0 Å². The predicted molar refractivity (Wildman–Crippen MR) is 100 cm³/mol. The van der Waals surface area contributed by atoms with Crippen LogP contribution in [0.1, 0.15) is 35.6 Å². The number of carbonyl (C=O) groups excluding carboxylic acids is 1. The molecule has 0 saturated carbocycles. The van der Waals surface area contributed by atoms with Crippen molar-refractivity contribution in [2.75, 3.05) is 7.11 Å². The van der Waals surface area contributed by atoms with Crippen molar-refractivity contribution in [2.24, 2.45) is 0 Å². The maximum atomic E-state index is 13.0. The number of carbonyl (C=O) groups is 1. The molecule has 0 N–H and O–H groups in total. The smallest absolute Gasteiger partial charge is 0.257 e. The molecular formula is C22H23BrN2O2. The zero-order chi connectivity index (χ0) is 18.1. The number of Topliss-reactive ketones (excluding diaryl/α,β-unsaturated/α-hetero) is 1. The molecule has 1 atom stereocenters. The molecule has 0 saturated heterocycles. The standard InChI is InChI=1S/C22H23N2O2.BrH/c1-16(22(25)18-10-12-19(26-2)13-11-18)24-15-20(17-7-4-3-5-8-17)23-14-6-9-21(23)24;/h3-5,7-8,10-13,15-16H,6,9,14H2,1-2H3;1H/q+1;/p-1. The van der Waals surface area contributed by atoms with Crippen molar-refractivity contribution < 1.29 is 31.1 Å². The quantitative estimate of drug-likeness (QED) is 0.447. The Morgan fingerprint density at radius 1 is 1.11 bits per heavy atom. The molecule has 1 aliphatic heterocycles. The third-order valence-electron chi connectivity index (χ3n) is 5.18. The number of imidazole rings is 1. The number of ether oxygens (including phenoxy) is 1. The van der Waals surface area contributed by atoms with E-state index in [1.807, 2.05) is 37.3 Å². The maximum absolute atomic E-state index is 13.0. The Hall–Kier alpha value is -2.40. The lowest BCUT2D eigenvalue weighted by atomic mass is 10.0. The summed E-state index contributed by atoms with van der Waals surface area (Å²) in [5.74, 6) is 2.12. The lowest BCUT2D eigenvalue weighted by molar-refractivity contribution is -0.710. The number of nitrogens with zero attached hydrogens (tertiary/aromatic N) is 2. The van der Waals surface area contributed by atoms with E-state index < -0.39 is 0 Å². The number of ketones is 1. The predicted octanol–water partition coefficient (Wildman–Crippen LogP) is 0.845. The van der Waals surface area contributed by atoms with Crippen LogP contribution in [0.4, 0.5) is 0 Å². The lowest BCUT2D eigenvalue weighted by Gasteiger charge is -2.09. The van der Waals surface area contributed by atoms with Gasteiger partial charge in [0.15, 0.2) is 11.7 Å². The Morgan fingerprint density at radius 2 is 1.81 bits per heavy atom. The number of hydrogen-bond donors (Lipinski definition) is 0. The summed E-state index contributed by atoms with van der Waals surface area (Å²) in [6.07, 6.45) is 4.27. The summed E-state index contributed by atoms with van der Waals surface area (Å²) < 4.78 is 9.70. The fourth-order valence-corrected chi connectivity index (χ4v) is 3.76. The molecule has 0 bridgehead atoms. The van der Waals surface area contributed by atoms with Crippen molar-refractivity contribution in [2.45, 2.75) is 32.4 Å². The first-order valence-corrected chi connectivity index (χ1v) is 9.06. The van der Waals surface area contributed by atoms with E-state index in [4.69, 9.17) is 4.74 Å². The number of methoxy groups -OCH3 is 1. The number of fused-ring (bicyclic) bond motifs is 1. The first kappa shape index (κ1) is 19.4. The molecule has 0 radical (unpaired) electrons. The highest BCUT2D eigenvalue weighted by Crippen LogP contribution is 2.26. The van der Waals surface area contributed by atoms with Gasteiger partial charge in [0.25, 0.3) is 5.82 Å². The third kappa shape index (κ3) is 3.56. The van der Waals surface area contributed by atoms with E-state index >= 15 is 0 Å². The average Bonchev–Trinajstić information content (AvgIpc) is 3.30. The van der Waals surface area contributed by atoms with E-state index in [9.17, 15) is 4.79 Å². The molecule has 0 spiro atoms. The Kier molecular flexibility index (Phi) is 5.80. The summed E-state index contributed by atoms with van der Waals surface area (Å²) in [5.41, 5.74) is 3.09. The Balaban J connectivity index is 0.00000210. The van der Waals surface area contributed by atoms with Crippen LogP contribution in [0.3, 0.4) is 0 Å². The monoisotopic (exact) mass is 426 g/mol. The van der Waals surface area contributed by atoms with Crippen LogP contribution in [0.2, 0.25) is 0 Å². The van der Waals surface area contributed by atoms with E-state index in [1.165, 1.54) is 17.1 Å². The SMILES string of the molecule is COc1ccc(C(=O)C(C)[n+]2cc(-c3ccccc3)n3c2CCC3)cc1.[Br-]. The first-order valence-electron chi connectivity index (χ1n) is 9.06. The highest BCUT2D eigenvalue weighted by molar-refractivity contribution is 5.97. The lowest BCUT2D eigenvalue weighted by Crippen LogP contribution is -3.00. The second-order valence-electron chi connectivity index (χ2n) is 6.73. The molecule has 3 aromatic rings. The van der Waals surface area contributed by atoms with Gasteiger partial charge in [-0.1, -0.05) is 30.3 Å². The minimum atomic E-state index is -0.236. The van der Waals surface area contributed by atoms with Gasteiger partial charge in [-0.2, -0.15) is 0 Å². The molecule has 1 aliphatic rings. The second-order valence-corrected chi connectivity index (χ2v) is 6.73. The molecule has 27 heavy (non-hydrogen) atoms. The van der Waals surface area contributed by atoms with Crippen molar-refractivity contribution in [3.05, 3.63) is 72.2 Å². The van der Waals surface area contributed by atoms with Crippen molar-refractivity contribution >= 4 is 5.78 Å². The van der Waals surface area contributed by atoms with Gasteiger partial charge in [0.2, 0.25) is 5.78 Å². The molecule has 1 unspecified atom stereocenters. The third-order valence-corrected chi connectivity index (χ3v) is 5.18. The summed E-state index contributed by atoms with van der Waals surface area (Å²) in [7, 11) is 1.63. The normalized spacial score (nSPS) is 13.6. The van der Waals surface area contributed by atoms with Gasteiger partial charge in [-0.3, -0.25) is 4.79 Å². The van der Waals surface area contributed by atoms with E-state index in [0.717, 1.165) is 25.1 Å². The van der Waals surface area contributed by atoms with Gasteiger partial charge in [0.05, 0.1) is 20.1 Å². The van der Waals surface area contributed by atoms with Gasteiger partial charge < -0.3 is 21.7 Å². The molecule has 2 heterocycles. The van der Waals surface area contributed by atoms with Crippen LogP contribution >= 0.6 is 0 Å². The summed E-state index contributed by atoms with van der Waals surface area (Å²) in [6.45, 7) is 3.00. The number of aromatic nitrogens is 2. The van der Waals surface area contributed by atoms with Crippen molar-refractivity contribution in [1.29, 1.82) is 0 Å². The molecule has 4 nitrogen and oxygen atoms in total. The zero-order valence-corrected chi connectivity index (χ0v) is 17.1. The van der Waals surface area contributed by atoms with Crippen LogP contribution in [0.25, 0.3) is 11.3 Å². The highest BCUT2D eigenvalue weighted by Gasteiger charge is 2.33.